The third kappa shape index (κ3) is 2.18. The second-order valence-electron chi connectivity index (χ2n) is 3.14. The van der Waals surface area contributed by atoms with Crippen molar-refractivity contribution in [2.75, 3.05) is 0 Å². The predicted molar refractivity (Wildman–Crippen MR) is 78.6 cm³/mol. The summed E-state index contributed by atoms with van der Waals surface area (Å²) in [4.78, 5) is 20.6. The van der Waals surface area contributed by atoms with Gasteiger partial charge in [0.2, 0.25) is 0 Å². The van der Waals surface area contributed by atoms with Gasteiger partial charge in [0, 0.05) is 13.6 Å². The Hall–Kier alpha value is 0.01000. The van der Waals surface area contributed by atoms with Crippen molar-refractivity contribution in [3.8, 4) is 0 Å². The van der Waals surface area contributed by atoms with E-state index < -0.39 is 7.45 Å². The van der Waals surface area contributed by atoms with Crippen molar-refractivity contribution in [1.29, 1.82) is 0 Å². The van der Waals surface area contributed by atoms with Crippen molar-refractivity contribution < 1.29 is 0 Å². The normalized spacial score (nSPS) is 13.7. The van der Waals surface area contributed by atoms with Crippen molar-refractivity contribution in [2.24, 2.45) is 0 Å². The Kier molecular flexibility index (Phi) is 3.98. The van der Waals surface area contributed by atoms with E-state index >= 15 is 0 Å². The van der Waals surface area contributed by atoms with Crippen LogP contribution in [0.25, 0.3) is 10.9 Å². The van der Waals surface area contributed by atoms with Crippen LogP contribution in [-0.4, -0.2) is 14.3 Å². The van der Waals surface area contributed by atoms with Gasteiger partial charge in [-0.1, -0.05) is 16.9 Å². The molecule has 2 heterocycles. The van der Waals surface area contributed by atoms with Crippen LogP contribution in [-0.2, 0) is 0 Å². The minimum absolute atomic E-state index is 0.0287. The molecule has 2 rings (SSSR count). The first-order valence-corrected chi connectivity index (χ1v) is 11.1. The second kappa shape index (κ2) is 5.11. The van der Waals surface area contributed by atoms with Crippen LogP contribution in [0.5, 0.6) is 0 Å². The Morgan fingerprint density at radius 1 is 1.56 bits per heavy atom. The standard InChI is InChI=1S/C8H11N3OP4/c1-5-10-7-4-9-3-2-6(7)8(12)11(5)16(14)15-13/h2-4,15H,13-14H2,1H3. The highest BCUT2D eigenvalue weighted by molar-refractivity contribution is 8.60. The Labute approximate surface area is 100 Å². The fraction of sp³-hybridized carbons (Fsp3) is 0.125. The lowest BCUT2D eigenvalue weighted by molar-refractivity contribution is 0.994. The van der Waals surface area contributed by atoms with Crippen LogP contribution >= 0.6 is 33.3 Å². The van der Waals surface area contributed by atoms with Crippen molar-refractivity contribution >= 4 is 44.2 Å². The van der Waals surface area contributed by atoms with Crippen LogP contribution in [0.1, 0.15) is 5.82 Å². The summed E-state index contributed by atoms with van der Waals surface area (Å²) in [6.07, 6.45) is 3.25. The largest absolute Gasteiger partial charge is 0.268 e. The third-order valence-electron chi connectivity index (χ3n) is 2.16. The van der Waals surface area contributed by atoms with Crippen LogP contribution in [0.4, 0.5) is 0 Å². The van der Waals surface area contributed by atoms with Gasteiger partial charge in [-0.15, -0.1) is 8.93 Å². The second-order valence-corrected chi connectivity index (χ2v) is 12.0. The molecule has 4 atom stereocenters. The van der Waals surface area contributed by atoms with E-state index in [9.17, 15) is 4.79 Å². The average molecular weight is 289 g/mol. The molecule has 2 aromatic heterocycles. The van der Waals surface area contributed by atoms with Crippen molar-refractivity contribution in [3.63, 3.8) is 0 Å². The number of hydrogen-bond acceptors (Lipinski definition) is 3. The summed E-state index contributed by atoms with van der Waals surface area (Å²) in [6, 6.07) is 1.72. The summed E-state index contributed by atoms with van der Waals surface area (Å²) in [5.74, 6) is 0.751. The number of aromatic nitrogens is 3. The van der Waals surface area contributed by atoms with Gasteiger partial charge in [0.1, 0.15) is 5.82 Å². The lowest BCUT2D eigenvalue weighted by atomic mass is 10.3. The molecule has 0 bridgehead atoms. The number of pyridine rings is 1. The van der Waals surface area contributed by atoms with Crippen LogP contribution in [0.15, 0.2) is 23.3 Å². The molecule has 8 heteroatoms. The van der Waals surface area contributed by atoms with Crippen LogP contribution in [0.2, 0.25) is 0 Å². The first-order valence-electron chi connectivity index (χ1n) is 4.50. The van der Waals surface area contributed by atoms with Crippen molar-refractivity contribution in [1.82, 2.24) is 14.3 Å². The first kappa shape index (κ1) is 12.5. The van der Waals surface area contributed by atoms with Gasteiger partial charge in [0.05, 0.1) is 17.1 Å². The van der Waals surface area contributed by atoms with Crippen molar-refractivity contribution in [3.05, 3.63) is 34.6 Å². The molecule has 0 fully saturated rings. The van der Waals surface area contributed by atoms with Crippen LogP contribution < -0.4 is 5.56 Å². The summed E-state index contributed by atoms with van der Waals surface area (Å²) >= 11 is 0. The maximum absolute atomic E-state index is 12.2. The molecule has 0 amide bonds. The van der Waals surface area contributed by atoms with Gasteiger partial charge < -0.3 is 0 Å². The molecule has 0 aliphatic carbocycles. The van der Waals surface area contributed by atoms with E-state index in [-0.39, 0.29) is 5.56 Å². The van der Waals surface area contributed by atoms with E-state index in [2.05, 4.69) is 27.8 Å². The van der Waals surface area contributed by atoms with E-state index in [0.29, 0.717) is 18.9 Å². The Morgan fingerprint density at radius 3 is 3.00 bits per heavy atom. The van der Waals surface area contributed by atoms with Gasteiger partial charge in [0.25, 0.3) is 5.56 Å². The number of hydrogen-bond donors (Lipinski definition) is 0. The van der Waals surface area contributed by atoms with Gasteiger partial charge in [-0.2, -0.15) is 0 Å². The monoisotopic (exact) mass is 289 g/mol. The van der Waals surface area contributed by atoms with Crippen LogP contribution in [0, 0.1) is 6.92 Å². The molecule has 84 valence electrons. The highest BCUT2D eigenvalue weighted by atomic mass is 32.6. The first-order chi connectivity index (χ1) is 7.65. The molecule has 0 saturated heterocycles. The van der Waals surface area contributed by atoms with Crippen LogP contribution in [0.3, 0.4) is 0 Å². The van der Waals surface area contributed by atoms with E-state index in [1.165, 1.54) is 0 Å². The summed E-state index contributed by atoms with van der Waals surface area (Å²) in [5.41, 5.74) is 0.697. The number of nitrogens with zero attached hydrogens (tertiary/aromatic N) is 3. The zero-order valence-electron chi connectivity index (χ0n) is 8.58. The molecule has 0 radical (unpaired) electrons. The highest BCUT2D eigenvalue weighted by Gasteiger charge is 2.12. The van der Waals surface area contributed by atoms with Gasteiger partial charge >= 0.3 is 0 Å². The van der Waals surface area contributed by atoms with Gasteiger partial charge in [-0.05, 0) is 13.0 Å². The third-order valence-corrected chi connectivity index (χ3v) is 11.8. The lowest BCUT2D eigenvalue weighted by Gasteiger charge is -2.15. The number of fused-ring (bicyclic) bond motifs is 1. The smallest absolute Gasteiger partial charge is 0.265 e. The zero-order valence-corrected chi connectivity index (χ0v) is 12.8. The minimum Gasteiger partial charge on any atom is -0.268 e. The SMILES string of the molecule is Cc1nc2cnccc2c(=O)n1P(P)PP. The summed E-state index contributed by atoms with van der Waals surface area (Å²) < 4.78 is 1.77. The van der Waals surface area contributed by atoms with E-state index in [1.807, 2.05) is 6.92 Å². The molecule has 0 spiro atoms. The van der Waals surface area contributed by atoms with Gasteiger partial charge in [-0.3, -0.25) is 14.1 Å². The lowest BCUT2D eigenvalue weighted by Crippen LogP contribution is -2.18. The molecule has 0 aliphatic heterocycles. The molecule has 0 aliphatic rings. The molecule has 16 heavy (non-hydrogen) atoms. The van der Waals surface area contributed by atoms with Gasteiger partial charge in [0.15, 0.2) is 0 Å². The fourth-order valence-electron chi connectivity index (χ4n) is 1.45. The molecule has 0 saturated carbocycles. The number of aryl methyl sites for hydroxylation is 1. The van der Waals surface area contributed by atoms with E-state index in [0.717, 1.165) is 5.82 Å². The summed E-state index contributed by atoms with van der Waals surface area (Å²) in [6.45, 7) is 1.86. The van der Waals surface area contributed by atoms with E-state index in [4.69, 9.17) is 0 Å². The predicted octanol–water partition coefficient (Wildman–Crippen LogP) is 2.52. The Balaban J connectivity index is 2.81. The zero-order chi connectivity index (χ0) is 11.7. The molecule has 0 aromatic carbocycles. The summed E-state index contributed by atoms with van der Waals surface area (Å²) in [5, 5.41) is 0.638. The quantitative estimate of drug-likeness (QED) is 0.798. The minimum atomic E-state index is -0.560. The average Bonchev–Trinajstić information content (AvgIpc) is 2.28. The highest BCUT2D eigenvalue weighted by Crippen LogP contribution is 2.66. The van der Waals surface area contributed by atoms with Gasteiger partial charge in [-0.25, -0.2) is 4.98 Å². The topological polar surface area (TPSA) is 47.8 Å². The molecular weight excluding hydrogens is 278 g/mol. The number of rotatable bonds is 2. The van der Waals surface area contributed by atoms with Crippen molar-refractivity contribution in [2.45, 2.75) is 6.92 Å². The Bertz CT molecular complexity index is 585. The fourth-order valence-corrected chi connectivity index (χ4v) is 5.13. The summed E-state index contributed by atoms with van der Waals surface area (Å²) in [7, 11) is 5.48. The van der Waals surface area contributed by atoms with E-state index in [1.54, 1.807) is 22.8 Å². The maximum atomic E-state index is 12.2. The molecular formula is C8H11N3OP4. The Morgan fingerprint density at radius 2 is 2.31 bits per heavy atom. The molecule has 4 unspecified atom stereocenters. The maximum Gasteiger partial charge on any atom is 0.265 e. The molecule has 4 nitrogen and oxygen atoms in total. The molecule has 0 N–H and O–H groups in total. The molecule has 2 aromatic rings.